The Morgan fingerprint density at radius 1 is 1.35 bits per heavy atom. The molecule has 0 aliphatic heterocycles. The van der Waals surface area contributed by atoms with E-state index in [0.717, 1.165) is 6.07 Å². The van der Waals surface area contributed by atoms with Gasteiger partial charge in [-0.25, -0.2) is 9.37 Å². The molecule has 2 aromatic rings. The molecular formula is C10H10FN3O2S. The normalized spacial score (nSPS) is 11.4. The van der Waals surface area contributed by atoms with Gasteiger partial charge in [0.15, 0.2) is 5.03 Å². The number of halogens is 1. The third-order valence-electron chi connectivity index (χ3n) is 2.06. The predicted molar refractivity (Wildman–Crippen MR) is 60.5 cm³/mol. The molecule has 0 bridgehead atoms. The minimum absolute atomic E-state index is 0.0700. The molecule has 0 saturated heterocycles. The van der Waals surface area contributed by atoms with E-state index < -0.39 is 15.8 Å². The van der Waals surface area contributed by atoms with Gasteiger partial charge in [-0.3, -0.25) is 4.72 Å². The van der Waals surface area contributed by atoms with Crippen molar-refractivity contribution in [1.29, 1.82) is 0 Å². The smallest absolute Gasteiger partial charge is 0.278 e. The third-order valence-corrected chi connectivity index (χ3v) is 3.36. The van der Waals surface area contributed by atoms with Gasteiger partial charge in [0.2, 0.25) is 0 Å². The lowest BCUT2D eigenvalue weighted by molar-refractivity contribution is 0.598. The molecule has 2 N–H and O–H groups in total. The molecule has 2 rings (SSSR count). The first kappa shape index (κ1) is 11.6. The number of nitrogens with one attached hydrogen (secondary N) is 2. The van der Waals surface area contributed by atoms with Crippen LogP contribution in [0.15, 0.2) is 35.7 Å². The molecule has 17 heavy (non-hydrogen) atoms. The number of nitrogens with zero attached hydrogens (tertiary/aromatic N) is 1. The molecule has 0 aliphatic rings. The van der Waals surface area contributed by atoms with Crippen molar-refractivity contribution in [3.05, 3.63) is 42.1 Å². The summed E-state index contributed by atoms with van der Waals surface area (Å²) in [7, 11) is -3.74. The van der Waals surface area contributed by atoms with Gasteiger partial charge in [0, 0.05) is 0 Å². The topological polar surface area (TPSA) is 74.8 Å². The molecule has 1 aromatic carbocycles. The number of sulfonamides is 1. The SMILES string of the molecule is Cc1cc(F)cc(NS(=O)(=O)c2cnc[nH]2)c1. The summed E-state index contributed by atoms with van der Waals surface area (Å²) in [6, 6.07) is 3.96. The lowest BCUT2D eigenvalue weighted by atomic mass is 10.2. The third kappa shape index (κ3) is 2.62. The van der Waals surface area contributed by atoms with Crippen molar-refractivity contribution in [1.82, 2.24) is 9.97 Å². The molecule has 1 aromatic heterocycles. The number of rotatable bonds is 3. The number of aryl methyl sites for hydroxylation is 1. The van der Waals surface area contributed by atoms with Crippen molar-refractivity contribution in [2.24, 2.45) is 0 Å². The van der Waals surface area contributed by atoms with Gasteiger partial charge in [-0.05, 0) is 30.7 Å². The Labute approximate surface area is 97.8 Å². The molecule has 0 saturated carbocycles. The van der Waals surface area contributed by atoms with Gasteiger partial charge in [-0.1, -0.05) is 0 Å². The van der Waals surface area contributed by atoms with Gasteiger partial charge < -0.3 is 4.98 Å². The van der Waals surface area contributed by atoms with Crippen LogP contribution in [0, 0.1) is 12.7 Å². The average Bonchev–Trinajstić information content (AvgIpc) is 2.67. The first-order chi connectivity index (χ1) is 7.97. The number of aromatic amines is 1. The van der Waals surface area contributed by atoms with Crippen LogP contribution in [0.5, 0.6) is 0 Å². The van der Waals surface area contributed by atoms with Crippen LogP contribution in [0.3, 0.4) is 0 Å². The zero-order valence-corrected chi connectivity index (χ0v) is 9.75. The van der Waals surface area contributed by atoms with Crippen molar-refractivity contribution in [3.63, 3.8) is 0 Å². The van der Waals surface area contributed by atoms with Crippen molar-refractivity contribution in [3.8, 4) is 0 Å². The van der Waals surface area contributed by atoms with Crippen LogP contribution in [0.1, 0.15) is 5.56 Å². The quantitative estimate of drug-likeness (QED) is 0.875. The molecule has 0 amide bonds. The Morgan fingerprint density at radius 2 is 2.12 bits per heavy atom. The lowest BCUT2D eigenvalue weighted by Crippen LogP contribution is -2.13. The molecule has 0 spiro atoms. The first-order valence-electron chi connectivity index (χ1n) is 4.76. The zero-order chi connectivity index (χ0) is 12.5. The largest absolute Gasteiger partial charge is 0.334 e. The van der Waals surface area contributed by atoms with Gasteiger partial charge in [-0.15, -0.1) is 0 Å². The summed E-state index contributed by atoms with van der Waals surface area (Å²) in [5.74, 6) is -0.493. The average molecular weight is 255 g/mol. The standard InChI is InChI=1S/C10H10FN3O2S/c1-7-2-8(11)4-9(3-7)14-17(15,16)10-5-12-6-13-10/h2-6,14H,1H3,(H,12,13). The van der Waals surface area contributed by atoms with E-state index >= 15 is 0 Å². The number of aromatic nitrogens is 2. The fraction of sp³-hybridized carbons (Fsp3) is 0.100. The minimum Gasteiger partial charge on any atom is -0.334 e. The maximum Gasteiger partial charge on any atom is 0.278 e. The summed E-state index contributed by atoms with van der Waals surface area (Å²) in [6.07, 6.45) is 2.43. The second-order valence-corrected chi connectivity index (χ2v) is 5.19. The highest BCUT2D eigenvalue weighted by Gasteiger charge is 2.15. The van der Waals surface area contributed by atoms with Crippen LogP contribution in [0.2, 0.25) is 0 Å². The van der Waals surface area contributed by atoms with Crippen LogP contribution in [-0.4, -0.2) is 18.4 Å². The Bertz CT molecular complexity index is 603. The highest BCUT2D eigenvalue weighted by Crippen LogP contribution is 2.17. The maximum atomic E-state index is 13.1. The van der Waals surface area contributed by atoms with Crippen molar-refractivity contribution in [2.75, 3.05) is 4.72 Å². The zero-order valence-electron chi connectivity index (χ0n) is 8.94. The van der Waals surface area contributed by atoms with Gasteiger partial charge >= 0.3 is 0 Å². The Hall–Kier alpha value is -1.89. The van der Waals surface area contributed by atoms with Crippen molar-refractivity contribution in [2.45, 2.75) is 11.9 Å². The fourth-order valence-electron chi connectivity index (χ4n) is 1.40. The summed E-state index contributed by atoms with van der Waals surface area (Å²) in [5, 5.41) is -0.0700. The maximum absolute atomic E-state index is 13.1. The summed E-state index contributed by atoms with van der Waals surface area (Å²) in [4.78, 5) is 6.09. The van der Waals surface area contributed by atoms with Crippen molar-refractivity contribution < 1.29 is 12.8 Å². The van der Waals surface area contributed by atoms with E-state index in [4.69, 9.17) is 0 Å². The van der Waals surface area contributed by atoms with Gasteiger partial charge in [0.25, 0.3) is 10.0 Å². The molecule has 90 valence electrons. The van der Waals surface area contributed by atoms with E-state index in [1.165, 1.54) is 24.7 Å². The summed E-state index contributed by atoms with van der Waals surface area (Å²) < 4.78 is 38.9. The molecule has 0 atom stereocenters. The van der Waals surface area contributed by atoms with Crippen LogP contribution >= 0.6 is 0 Å². The Morgan fingerprint density at radius 3 is 2.71 bits per heavy atom. The van der Waals surface area contributed by atoms with Gasteiger partial charge in [0.1, 0.15) is 5.82 Å². The number of H-pyrrole nitrogens is 1. The lowest BCUT2D eigenvalue weighted by Gasteiger charge is -2.07. The highest BCUT2D eigenvalue weighted by molar-refractivity contribution is 7.92. The van der Waals surface area contributed by atoms with E-state index in [9.17, 15) is 12.8 Å². The van der Waals surface area contributed by atoms with Crippen LogP contribution in [0.25, 0.3) is 0 Å². The fourth-order valence-corrected chi connectivity index (χ4v) is 2.34. The van der Waals surface area contributed by atoms with Crippen LogP contribution in [-0.2, 0) is 10.0 Å². The van der Waals surface area contributed by atoms with Gasteiger partial charge in [0.05, 0.1) is 18.2 Å². The monoisotopic (exact) mass is 255 g/mol. The van der Waals surface area contributed by atoms with Gasteiger partial charge in [-0.2, -0.15) is 8.42 Å². The highest BCUT2D eigenvalue weighted by atomic mass is 32.2. The molecular weight excluding hydrogens is 245 g/mol. The molecule has 0 aliphatic carbocycles. The van der Waals surface area contributed by atoms with Crippen LogP contribution in [0.4, 0.5) is 10.1 Å². The summed E-state index contributed by atoms with van der Waals surface area (Å²) in [5.41, 5.74) is 0.810. The Balaban J connectivity index is 2.33. The molecule has 5 nitrogen and oxygen atoms in total. The van der Waals surface area contributed by atoms with E-state index in [1.54, 1.807) is 6.92 Å². The number of hydrogen-bond acceptors (Lipinski definition) is 3. The second kappa shape index (κ2) is 4.17. The minimum atomic E-state index is -3.74. The van der Waals surface area contributed by atoms with E-state index in [1.807, 2.05) is 0 Å². The predicted octanol–water partition coefficient (Wildman–Crippen LogP) is 1.66. The molecule has 1 heterocycles. The number of anilines is 1. The number of benzene rings is 1. The summed E-state index contributed by atoms with van der Waals surface area (Å²) in [6.45, 7) is 1.68. The van der Waals surface area contributed by atoms with Crippen LogP contribution < -0.4 is 4.72 Å². The van der Waals surface area contributed by atoms with E-state index in [2.05, 4.69) is 14.7 Å². The molecule has 0 unspecified atom stereocenters. The Kier molecular flexibility index (Phi) is 2.84. The molecule has 0 radical (unpaired) electrons. The number of imidazole rings is 1. The molecule has 0 fully saturated rings. The van der Waals surface area contributed by atoms with Crippen molar-refractivity contribution >= 4 is 15.7 Å². The summed E-state index contributed by atoms with van der Waals surface area (Å²) >= 11 is 0. The number of hydrogen-bond donors (Lipinski definition) is 2. The second-order valence-electron chi connectivity index (χ2n) is 3.54. The molecule has 7 heteroatoms. The van der Waals surface area contributed by atoms with E-state index in [-0.39, 0.29) is 10.7 Å². The van der Waals surface area contributed by atoms with E-state index in [0.29, 0.717) is 5.56 Å². The first-order valence-corrected chi connectivity index (χ1v) is 6.24.